The third-order valence-electron chi connectivity index (χ3n) is 3.94. The van der Waals surface area contributed by atoms with E-state index in [4.69, 9.17) is 25.2 Å². The van der Waals surface area contributed by atoms with Gasteiger partial charge in [0.25, 0.3) is 11.8 Å². The summed E-state index contributed by atoms with van der Waals surface area (Å²) in [7, 11) is 1.46. The largest absolute Gasteiger partial charge is 0.494 e. The van der Waals surface area contributed by atoms with Crippen molar-refractivity contribution in [2.24, 2.45) is 0 Å². The minimum atomic E-state index is -0.349. The molecule has 0 bridgehead atoms. The number of methoxy groups -OCH3 is 1. The van der Waals surface area contributed by atoms with Crippen LogP contribution in [0, 0.1) is 0 Å². The van der Waals surface area contributed by atoms with E-state index in [0.29, 0.717) is 39.2 Å². The topological polar surface area (TPSA) is 90.4 Å². The summed E-state index contributed by atoms with van der Waals surface area (Å²) in [5.74, 6) is 1.04. The molecule has 0 spiro atoms. The van der Waals surface area contributed by atoms with Crippen molar-refractivity contribution in [3.63, 3.8) is 0 Å². The van der Waals surface area contributed by atoms with Crippen molar-refractivity contribution in [2.75, 3.05) is 12.4 Å². The molecular formula is C20H14ClN3O4. The first-order valence-electron chi connectivity index (χ1n) is 8.27. The highest BCUT2D eigenvalue weighted by Crippen LogP contribution is 2.30. The molecule has 140 valence electrons. The number of rotatable bonds is 5. The Labute approximate surface area is 164 Å². The molecule has 8 heteroatoms. The van der Waals surface area contributed by atoms with Crippen LogP contribution in [0.25, 0.3) is 23.1 Å². The smallest absolute Gasteiger partial charge is 0.283 e. The molecule has 0 saturated heterocycles. The third kappa shape index (κ3) is 3.47. The van der Waals surface area contributed by atoms with Gasteiger partial charge in [0.1, 0.15) is 5.75 Å². The fourth-order valence-electron chi connectivity index (χ4n) is 2.66. The molecule has 0 unspecified atom stereocenters. The van der Waals surface area contributed by atoms with Gasteiger partial charge in [0.15, 0.2) is 5.76 Å². The van der Waals surface area contributed by atoms with Gasteiger partial charge in [-0.15, -0.1) is 10.2 Å². The highest BCUT2D eigenvalue weighted by Gasteiger charge is 2.16. The third-order valence-corrected chi connectivity index (χ3v) is 4.24. The van der Waals surface area contributed by atoms with Crippen LogP contribution < -0.4 is 10.1 Å². The molecule has 2 aromatic heterocycles. The van der Waals surface area contributed by atoms with E-state index in [-0.39, 0.29) is 11.8 Å². The van der Waals surface area contributed by atoms with Crippen molar-refractivity contribution >= 4 is 23.2 Å². The Bertz CT molecular complexity index is 1120. The molecule has 0 atom stereocenters. The van der Waals surface area contributed by atoms with E-state index in [1.807, 2.05) is 0 Å². The number of para-hydroxylation sites is 1. The lowest BCUT2D eigenvalue weighted by atomic mass is 10.1. The molecule has 2 aromatic carbocycles. The highest BCUT2D eigenvalue weighted by molar-refractivity contribution is 6.32. The molecule has 4 rings (SSSR count). The van der Waals surface area contributed by atoms with Gasteiger partial charge >= 0.3 is 0 Å². The summed E-state index contributed by atoms with van der Waals surface area (Å²) in [6, 6.07) is 15.5. The maximum atomic E-state index is 12.6. The van der Waals surface area contributed by atoms with E-state index in [0.717, 1.165) is 0 Å². The lowest BCUT2D eigenvalue weighted by molar-refractivity contribution is 0.102. The van der Waals surface area contributed by atoms with E-state index in [9.17, 15) is 4.79 Å². The van der Waals surface area contributed by atoms with Gasteiger partial charge in [-0.3, -0.25) is 4.79 Å². The number of anilines is 1. The van der Waals surface area contributed by atoms with E-state index in [1.54, 1.807) is 54.6 Å². The quantitative estimate of drug-likeness (QED) is 0.516. The van der Waals surface area contributed by atoms with Gasteiger partial charge < -0.3 is 18.9 Å². The van der Waals surface area contributed by atoms with Crippen LogP contribution in [0.15, 0.2) is 69.7 Å². The summed E-state index contributed by atoms with van der Waals surface area (Å²) in [6.45, 7) is 0. The number of benzene rings is 2. The number of ether oxygens (including phenoxy) is 1. The second kappa shape index (κ2) is 7.58. The maximum absolute atomic E-state index is 12.6. The number of aromatic nitrogens is 2. The molecule has 0 fully saturated rings. The predicted octanol–water partition coefficient (Wildman–Crippen LogP) is 4.91. The molecule has 28 heavy (non-hydrogen) atoms. The SMILES string of the molecule is COc1c(Cl)cccc1C(=O)Nc1cccc(-c2nnc(-c3ccco3)o2)c1. The zero-order valence-corrected chi connectivity index (χ0v) is 15.4. The molecule has 1 N–H and O–H groups in total. The number of hydrogen-bond acceptors (Lipinski definition) is 6. The van der Waals surface area contributed by atoms with Crippen LogP contribution >= 0.6 is 11.6 Å². The molecule has 0 aliphatic carbocycles. The molecule has 0 aliphatic rings. The highest BCUT2D eigenvalue weighted by atomic mass is 35.5. The van der Waals surface area contributed by atoms with Crippen LogP contribution in [0.5, 0.6) is 5.75 Å². The molecule has 0 aliphatic heterocycles. The second-order valence-electron chi connectivity index (χ2n) is 5.75. The molecule has 0 saturated carbocycles. The normalized spacial score (nSPS) is 10.6. The average molecular weight is 396 g/mol. The van der Waals surface area contributed by atoms with Gasteiger partial charge in [0, 0.05) is 11.3 Å². The van der Waals surface area contributed by atoms with Gasteiger partial charge in [-0.05, 0) is 42.5 Å². The lowest BCUT2D eigenvalue weighted by Gasteiger charge is -2.11. The molecule has 2 heterocycles. The Balaban J connectivity index is 1.58. The molecular weight excluding hydrogens is 382 g/mol. The fraction of sp³-hybridized carbons (Fsp3) is 0.0500. The van der Waals surface area contributed by atoms with E-state index >= 15 is 0 Å². The number of nitrogens with zero attached hydrogens (tertiary/aromatic N) is 2. The Morgan fingerprint density at radius 2 is 1.89 bits per heavy atom. The summed E-state index contributed by atoms with van der Waals surface area (Å²) >= 11 is 6.09. The number of carbonyl (C=O) groups excluding carboxylic acids is 1. The summed E-state index contributed by atoms with van der Waals surface area (Å²) in [6.07, 6.45) is 1.53. The van der Waals surface area contributed by atoms with Crippen LogP contribution in [0.2, 0.25) is 5.02 Å². The Kier molecular flexibility index (Phi) is 4.82. The van der Waals surface area contributed by atoms with Crippen LogP contribution in [-0.2, 0) is 0 Å². The van der Waals surface area contributed by atoms with Gasteiger partial charge in [-0.25, -0.2) is 0 Å². The summed E-state index contributed by atoms with van der Waals surface area (Å²) in [4.78, 5) is 12.6. The lowest BCUT2D eigenvalue weighted by Crippen LogP contribution is -2.13. The van der Waals surface area contributed by atoms with Gasteiger partial charge in [0.2, 0.25) is 5.89 Å². The summed E-state index contributed by atoms with van der Waals surface area (Å²) in [5.41, 5.74) is 1.54. The van der Waals surface area contributed by atoms with Crippen molar-refractivity contribution in [1.29, 1.82) is 0 Å². The van der Waals surface area contributed by atoms with E-state index < -0.39 is 0 Å². The number of halogens is 1. The first-order valence-corrected chi connectivity index (χ1v) is 8.65. The molecule has 4 aromatic rings. The zero-order valence-electron chi connectivity index (χ0n) is 14.7. The Morgan fingerprint density at radius 1 is 1.07 bits per heavy atom. The number of carbonyl (C=O) groups is 1. The minimum Gasteiger partial charge on any atom is -0.494 e. The van der Waals surface area contributed by atoms with Crippen molar-refractivity contribution < 1.29 is 18.4 Å². The Morgan fingerprint density at radius 3 is 2.68 bits per heavy atom. The van der Waals surface area contributed by atoms with Gasteiger partial charge in [-0.1, -0.05) is 23.7 Å². The maximum Gasteiger partial charge on any atom is 0.283 e. The first-order chi connectivity index (χ1) is 13.7. The average Bonchev–Trinajstić information content (AvgIpc) is 3.39. The van der Waals surface area contributed by atoms with Crippen LogP contribution in [0.3, 0.4) is 0 Å². The standard InChI is InChI=1S/C20H14ClN3O4/c1-26-17-14(7-3-8-15(17)21)18(25)22-13-6-2-5-12(11-13)19-23-24-20(28-19)16-9-4-10-27-16/h2-11H,1H3,(H,22,25). The van der Waals surface area contributed by atoms with Gasteiger partial charge in [-0.2, -0.15) is 0 Å². The van der Waals surface area contributed by atoms with Crippen molar-refractivity contribution in [1.82, 2.24) is 10.2 Å². The molecule has 1 amide bonds. The Hall–Kier alpha value is -3.58. The zero-order chi connectivity index (χ0) is 19.5. The molecule has 0 radical (unpaired) electrons. The summed E-state index contributed by atoms with van der Waals surface area (Å²) < 4.78 is 16.1. The van der Waals surface area contributed by atoms with E-state index in [1.165, 1.54) is 13.4 Å². The second-order valence-corrected chi connectivity index (χ2v) is 6.15. The number of amides is 1. The van der Waals surface area contributed by atoms with Gasteiger partial charge in [0.05, 0.1) is 24.0 Å². The number of nitrogens with one attached hydrogen (secondary N) is 1. The fourth-order valence-corrected chi connectivity index (χ4v) is 2.91. The van der Waals surface area contributed by atoms with Crippen molar-refractivity contribution in [2.45, 2.75) is 0 Å². The van der Waals surface area contributed by atoms with Crippen LogP contribution in [0.1, 0.15) is 10.4 Å². The molecule has 7 nitrogen and oxygen atoms in total. The first kappa shape index (κ1) is 17.8. The number of hydrogen-bond donors (Lipinski definition) is 1. The van der Waals surface area contributed by atoms with E-state index in [2.05, 4.69) is 15.5 Å². The predicted molar refractivity (Wildman–Crippen MR) is 103 cm³/mol. The van der Waals surface area contributed by atoms with Crippen LogP contribution in [0.4, 0.5) is 5.69 Å². The monoisotopic (exact) mass is 395 g/mol. The van der Waals surface area contributed by atoms with Crippen molar-refractivity contribution in [3.8, 4) is 28.9 Å². The number of furan rings is 1. The van der Waals surface area contributed by atoms with Crippen molar-refractivity contribution in [3.05, 3.63) is 71.4 Å². The summed E-state index contributed by atoms with van der Waals surface area (Å²) in [5, 5.41) is 11.2. The van der Waals surface area contributed by atoms with Crippen LogP contribution in [-0.4, -0.2) is 23.2 Å². The minimum absolute atomic E-state index is 0.276.